The molecule has 1 aliphatic rings. The molecule has 0 radical (unpaired) electrons. The maximum atomic E-state index is 2.53. The van der Waals surface area contributed by atoms with Gasteiger partial charge in [0, 0.05) is 13.1 Å². The second kappa shape index (κ2) is 18.5. The fraction of sp³-hybridized carbons (Fsp3) is 0.600. The van der Waals surface area contributed by atoms with Crippen LogP contribution < -0.4 is 0 Å². The number of benzene rings is 1. The van der Waals surface area contributed by atoms with Gasteiger partial charge < -0.3 is 0 Å². The minimum absolute atomic E-state index is 1.06. The monoisotopic (exact) mass is 359 g/mol. The molecule has 1 aromatic rings. The summed E-state index contributed by atoms with van der Waals surface area (Å²) < 4.78 is 0. The molecule has 0 spiro atoms. The Hall–Kier alpha value is -1.34. The molecule has 0 bridgehead atoms. The molecule has 0 amide bonds. The lowest BCUT2D eigenvalue weighted by molar-refractivity contribution is 0.300. The minimum atomic E-state index is 1.06. The fourth-order valence-corrected chi connectivity index (χ4v) is 2.51. The van der Waals surface area contributed by atoms with Gasteiger partial charge in [-0.3, -0.25) is 4.90 Å². The molecule has 0 atom stereocenters. The molecule has 0 aliphatic heterocycles. The average molecular weight is 360 g/mol. The number of allylic oxidation sites excluding steroid dienone is 3. The van der Waals surface area contributed by atoms with Crippen molar-refractivity contribution in [3.05, 3.63) is 58.7 Å². The summed E-state index contributed by atoms with van der Waals surface area (Å²) in [5.74, 6) is 0. The molecule has 0 unspecified atom stereocenters. The molecular weight excluding hydrogens is 314 g/mol. The molecule has 0 N–H and O–H groups in total. The number of aryl methyl sites for hydroxylation is 1. The van der Waals surface area contributed by atoms with E-state index in [9.17, 15) is 0 Å². The van der Waals surface area contributed by atoms with Crippen molar-refractivity contribution in [1.82, 2.24) is 4.90 Å². The Morgan fingerprint density at radius 2 is 1.38 bits per heavy atom. The minimum Gasteiger partial charge on any atom is -0.295 e. The van der Waals surface area contributed by atoms with Crippen LogP contribution in [0.25, 0.3) is 0 Å². The number of hydrogen-bond acceptors (Lipinski definition) is 1. The molecular formula is C25H45N. The van der Waals surface area contributed by atoms with Gasteiger partial charge in [0.15, 0.2) is 0 Å². The second-order valence-electron chi connectivity index (χ2n) is 6.27. The highest BCUT2D eigenvalue weighted by Gasteiger charge is 2.10. The van der Waals surface area contributed by atoms with Gasteiger partial charge in [-0.1, -0.05) is 102 Å². The van der Waals surface area contributed by atoms with Gasteiger partial charge in [0.05, 0.1) is 0 Å². The van der Waals surface area contributed by atoms with Crippen molar-refractivity contribution in [3.63, 3.8) is 0 Å². The van der Waals surface area contributed by atoms with Gasteiger partial charge in [0.25, 0.3) is 0 Å². The first-order valence-electron chi connectivity index (χ1n) is 10.7. The quantitative estimate of drug-likeness (QED) is 0.515. The summed E-state index contributed by atoms with van der Waals surface area (Å²) >= 11 is 0. The SMILES string of the molecule is CC.CC.CCC.CCN(CC1=CC=C(C)CC1)Cc1ccccc1C. The van der Waals surface area contributed by atoms with Crippen LogP contribution in [-0.2, 0) is 6.54 Å². The second-order valence-corrected chi connectivity index (χ2v) is 6.27. The summed E-state index contributed by atoms with van der Waals surface area (Å²) in [5.41, 5.74) is 5.92. The van der Waals surface area contributed by atoms with Crippen molar-refractivity contribution < 1.29 is 0 Å². The Bertz CT molecular complexity index is 497. The molecule has 1 heteroatoms. The van der Waals surface area contributed by atoms with E-state index in [1.165, 1.54) is 36.0 Å². The van der Waals surface area contributed by atoms with Crippen LogP contribution in [-0.4, -0.2) is 18.0 Å². The first-order valence-corrected chi connectivity index (χ1v) is 10.7. The van der Waals surface area contributed by atoms with Crippen LogP contribution in [0.15, 0.2) is 47.6 Å². The zero-order valence-electron chi connectivity index (χ0n) is 19.2. The summed E-state index contributed by atoms with van der Waals surface area (Å²) in [6.45, 7) is 22.2. The predicted molar refractivity (Wildman–Crippen MR) is 122 cm³/mol. The van der Waals surface area contributed by atoms with Gasteiger partial charge in [0.2, 0.25) is 0 Å². The van der Waals surface area contributed by atoms with Crippen LogP contribution in [0, 0.1) is 6.92 Å². The highest BCUT2D eigenvalue weighted by Crippen LogP contribution is 2.19. The molecule has 0 heterocycles. The maximum absolute atomic E-state index is 2.53. The molecule has 0 aromatic heterocycles. The summed E-state index contributed by atoms with van der Waals surface area (Å²) in [5, 5.41) is 0. The zero-order valence-corrected chi connectivity index (χ0v) is 19.2. The van der Waals surface area contributed by atoms with Crippen LogP contribution in [0.4, 0.5) is 0 Å². The largest absolute Gasteiger partial charge is 0.295 e. The van der Waals surface area contributed by atoms with E-state index in [2.05, 4.69) is 75.9 Å². The Kier molecular flexibility index (Phi) is 19.1. The van der Waals surface area contributed by atoms with Crippen molar-refractivity contribution in [3.8, 4) is 0 Å². The van der Waals surface area contributed by atoms with E-state index in [1.54, 1.807) is 5.57 Å². The standard InChI is InChI=1S/C18H25N.C3H8.2C2H6/c1-4-19(13-17-11-9-15(2)10-12-17)14-18-8-6-5-7-16(18)3;1-3-2;2*1-2/h5-9,11H,4,10,12-14H2,1-3H3;3H2,1-2H3;2*1-2H3. The van der Waals surface area contributed by atoms with E-state index < -0.39 is 0 Å². The lowest BCUT2D eigenvalue weighted by atomic mass is 9.99. The predicted octanol–water partition coefficient (Wildman–Crippen LogP) is 7.95. The van der Waals surface area contributed by atoms with Crippen molar-refractivity contribution in [2.45, 2.75) is 88.1 Å². The van der Waals surface area contributed by atoms with Crippen LogP contribution in [0.5, 0.6) is 0 Å². The van der Waals surface area contributed by atoms with E-state index >= 15 is 0 Å². The molecule has 1 nitrogen and oxygen atoms in total. The van der Waals surface area contributed by atoms with Crippen molar-refractivity contribution in [2.24, 2.45) is 0 Å². The Morgan fingerprint density at radius 1 is 0.808 bits per heavy atom. The van der Waals surface area contributed by atoms with Gasteiger partial charge >= 0.3 is 0 Å². The number of likely N-dealkylation sites (N-methyl/N-ethyl adjacent to an activating group) is 1. The first kappa shape index (κ1) is 26.9. The van der Waals surface area contributed by atoms with Crippen molar-refractivity contribution >= 4 is 0 Å². The van der Waals surface area contributed by atoms with Gasteiger partial charge in [-0.25, -0.2) is 0 Å². The van der Waals surface area contributed by atoms with E-state index in [0.29, 0.717) is 0 Å². The molecule has 0 saturated heterocycles. The van der Waals surface area contributed by atoms with Crippen molar-refractivity contribution in [1.29, 1.82) is 0 Å². The maximum Gasteiger partial charge on any atom is 0.0239 e. The third kappa shape index (κ3) is 12.1. The first-order chi connectivity index (χ1) is 12.6. The highest BCUT2D eigenvalue weighted by atomic mass is 15.1. The summed E-state index contributed by atoms with van der Waals surface area (Å²) in [4.78, 5) is 2.53. The van der Waals surface area contributed by atoms with E-state index in [1.807, 2.05) is 27.7 Å². The molecule has 1 aliphatic carbocycles. The Morgan fingerprint density at radius 3 is 1.85 bits per heavy atom. The third-order valence-electron chi connectivity index (χ3n) is 3.97. The Labute approximate surface area is 165 Å². The normalized spacial score (nSPS) is 12.4. The fourth-order valence-electron chi connectivity index (χ4n) is 2.51. The van der Waals surface area contributed by atoms with Crippen molar-refractivity contribution in [2.75, 3.05) is 13.1 Å². The van der Waals surface area contributed by atoms with E-state index in [0.717, 1.165) is 19.6 Å². The van der Waals surface area contributed by atoms with Gasteiger partial charge in [-0.05, 0) is 44.4 Å². The van der Waals surface area contributed by atoms with Crippen LogP contribution in [0.1, 0.15) is 85.8 Å². The third-order valence-corrected chi connectivity index (χ3v) is 3.97. The molecule has 0 fully saturated rings. The van der Waals surface area contributed by atoms with Crippen LogP contribution in [0.2, 0.25) is 0 Å². The van der Waals surface area contributed by atoms with Gasteiger partial charge in [-0.2, -0.15) is 0 Å². The molecule has 0 saturated carbocycles. The summed E-state index contributed by atoms with van der Waals surface area (Å²) in [6, 6.07) is 8.71. The topological polar surface area (TPSA) is 3.24 Å². The van der Waals surface area contributed by atoms with E-state index in [4.69, 9.17) is 0 Å². The lowest BCUT2D eigenvalue weighted by Gasteiger charge is -2.24. The highest BCUT2D eigenvalue weighted by molar-refractivity contribution is 5.26. The molecule has 2 rings (SSSR count). The van der Waals surface area contributed by atoms with E-state index in [-0.39, 0.29) is 0 Å². The Balaban J connectivity index is 0. The zero-order chi connectivity index (χ0) is 20.4. The molecule has 150 valence electrons. The summed E-state index contributed by atoms with van der Waals surface area (Å²) in [6.07, 6.45) is 8.31. The van der Waals surface area contributed by atoms with Gasteiger partial charge in [0.1, 0.15) is 0 Å². The van der Waals surface area contributed by atoms with Crippen LogP contribution in [0.3, 0.4) is 0 Å². The smallest absolute Gasteiger partial charge is 0.0239 e. The van der Waals surface area contributed by atoms with Gasteiger partial charge in [-0.15, -0.1) is 0 Å². The number of nitrogens with zero attached hydrogens (tertiary/aromatic N) is 1. The van der Waals surface area contributed by atoms with Crippen LogP contribution >= 0.6 is 0 Å². The molecule has 1 aromatic carbocycles. The lowest BCUT2D eigenvalue weighted by Crippen LogP contribution is -2.26. The number of hydrogen-bond donors (Lipinski definition) is 0. The average Bonchev–Trinajstić information content (AvgIpc) is 2.68. The summed E-state index contributed by atoms with van der Waals surface area (Å²) in [7, 11) is 0. The number of rotatable bonds is 5. The molecule has 26 heavy (non-hydrogen) atoms.